The lowest BCUT2D eigenvalue weighted by Gasteiger charge is -2.26. The molecule has 158 valence electrons. The Morgan fingerprint density at radius 1 is 1.03 bits per heavy atom. The number of allylic oxidation sites excluding steroid dienone is 2. The minimum atomic E-state index is 0.285. The topological polar surface area (TPSA) is 56.1 Å². The number of rotatable bonds is 5. The van der Waals surface area contributed by atoms with Gasteiger partial charge >= 0.3 is 0 Å². The predicted molar refractivity (Wildman–Crippen MR) is 115 cm³/mol. The first-order chi connectivity index (χ1) is 14.6. The van der Waals surface area contributed by atoms with Crippen LogP contribution in [-0.2, 0) is 7.05 Å². The van der Waals surface area contributed by atoms with Gasteiger partial charge in [0.05, 0.1) is 11.4 Å². The Kier molecular flexibility index (Phi) is 4.44. The van der Waals surface area contributed by atoms with Crippen molar-refractivity contribution in [2.75, 3.05) is 19.6 Å². The largest absolute Gasteiger partial charge is 0.473 e. The molecular formula is C24H31N5O. The molecule has 6 atom stereocenters. The van der Waals surface area contributed by atoms with Gasteiger partial charge in [-0.25, -0.2) is 0 Å². The molecule has 2 bridgehead atoms. The summed E-state index contributed by atoms with van der Waals surface area (Å²) in [5.41, 5.74) is 2.84. The number of hydrogen-bond donors (Lipinski definition) is 0. The molecule has 3 unspecified atom stereocenters. The van der Waals surface area contributed by atoms with Crippen LogP contribution < -0.4 is 4.74 Å². The van der Waals surface area contributed by atoms with Gasteiger partial charge in [0.2, 0.25) is 5.88 Å². The lowest BCUT2D eigenvalue weighted by molar-refractivity contribution is 0.170. The van der Waals surface area contributed by atoms with Gasteiger partial charge < -0.3 is 9.64 Å². The van der Waals surface area contributed by atoms with E-state index in [4.69, 9.17) is 4.74 Å². The van der Waals surface area contributed by atoms with E-state index < -0.39 is 0 Å². The summed E-state index contributed by atoms with van der Waals surface area (Å²) in [7, 11) is 1.92. The fourth-order valence-electron chi connectivity index (χ4n) is 6.57. The summed E-state index contributed by atoms with van der Waals surface area (Å²) in [5.74, 6) is 4.88. The van der Waals surface area contributed by atoms with E-state index in [-0.39, 0.29) is 6.10 Å². The quantitative estimate of drug-likeness (QED) is 0.713. The molecule has 0 N–H and O–H groups in total. The highest BCUT2D eigenvalue weighted by molar-refractivity contribution is 5.60. The first-order valence-corrected chi connectivity index (χ1v) is 11.5. The van der Waals surface area contributed by atoms with Crippen molar-refractivity contribution < 1.29 is 4.74 Å². The van der Waals surface area contributed by atoms with E-state index in [1.54, 1.807) is 0 Å². The maximum absolute atomic E-state index is 6.22. The molecule has 6 rings (SSSR count). The second-order valence-corrected chi connectivity index (χ2v) is 10.0. The van der Waals surface area contributed by atoms with Crippen molar-refractivity contribution >= 4 is 0 Å². The van der Waals surface area contributed by atoms with Crippen molar-refractivity contribution in [2.45, 2.75) is 38.7 Å². The summed E-state index contributed by atoms with van der Waals surface area (Å²) >= 11 is 0. The predicted octanol–water partition coefficient (Wildman–Crippen LogP) is 3.49. The molecule has 3 fully saturated rings. The molecule has 4 aliphatic rings. The molecule has 0 spiro atoms. The Morgan fingerprint density at radius 3 is 2.47 bits per heavy atom. The first kappa shape index (κ1) is 18.6. The Morgan fingerprint density at radius 2 is 1.87 bits per heavy atom. The van der Waals surface area contributed by atoms with Crippen LogP contribution in [0.3, 0.4) is 0 Å². The van der Waals surface area contributed by atoms with Gasteiger partial charge in [0.1, 0.15) is 6.10 Å². The molecule has 3 aliphatic carbocycles. The third-order valence-corrected chi connectivity index (χ3v) is 7.91. The number of fused-ring (bicyclic) bond motifs is 3. The lowest BCUT2D eigenvalue weighted by Crippen LogP contribution is -2.31. The summed E-state index contributed by atoms with van der Waals surface area (Å²) in [5, 5.41) is 13.1. The fourth-order valence-corrected chi connectivity index (χ4v) is 6.57. The van der Waals surface area contributed by atoms with Gasteiger partial charge in [-0.1, -0.05) is 12.2 Å². The van der Waals surface area contributed by atoms with E-state index in [1.807, 2.05) is 37.0 Å². The zero-order valence-electron chi connectivity index (χ0n) is 17.9. The molecule has 0 aromatic carbocycles. The molecule has 1 saturated heterocycles. The molecule has 2 saturated carbocycles. The average molecular weight is 406 g/mol. The summed E-state index contributed by atoms with van der Waals surface area (Å²) in [6, 6.07) is 3.95. The van der Waals surface area contributed by atoms with E-state index in [0.29, 0.717) is 5.88 Å². The van der Waals surface area contributed by atoms with Gasteiger partial charge in [-0.15, -0.1) is 10.2 Å². The number of likely N-dealkylation sites (tertiary alicyclic amines) is 1. The van der Waals surface area contributed by atoms with Crippen molar-refractivity contribution in [1.29, 1.82) is 0 Å². The van der Waals surface area contributed by atoms with E-state index in [2.05, 4.69) is 32.3 Å². The van der Waals surface area contributed by atoms with Crippen LogP contribution in [0.4, 0.5) is 0 Å². The van der Waals surface area contributed by atoms with Crippen LogP contribution in [0.15, 0.2) is 30.5 Å². The third-order valence-electron chi connectivity index (χ3n) is 7.91. The molecular weight excluding hydrogens is 374 g/mol. The molecule has 2 aromatic heterocycles. The van der Waals surface area contributed by atoms with Crippen LogP contribution in [0.5, 0.6) is 5.88 Å². The summed E-state index contributed by atoms with van der Waals surface area (Å²) < 4.78 is 8.04. The highest BCUT2D eigenvalue weighted by Gasteiger charge is 2.44. The van der Waals surface area contributed by atoms with Gasteiger partial charge in [-0.3, -0.25) is 4.68 Å². The average Bonchev–Trinajstić information content (AvgIpc) is 3.51. The normalized spacial score (nSPS) is 34.7. The summed E-state index contributed by atoms with van der Waals surface area (Å²) in [6.45, 7) is 5.82. The Balaban J connectivity index is 1.02. The molecule has 30 heavy (non-hydrogen) atoms. The maximum atomic E-state index is 6.22. The van der Waals surface area contributed by atoms with Crippen molar-refractivity contribution in [3.8, 4) is 17.1 Å². The number of ether oxygens (including phenoxy) is 1. The van der Waals surface area contributed by atoms with Crippen LogP contribution in [0.1, 0.15) is 31.4 Å². The SMILES string of the molecule is Cc1nn(C)cc1-c1ccc(O[C@@H]2C[C@@H]3CN(CC4CC5C=CC4C5)C[C@@H]3C2)nn1. The van der Waals surface area contributed by atoms with Crippen LogP contribution in [0.25, 0.3) is 11.3 Å². The highest BCUT2D eigenvalue weighted by Crippen LogP contribution is 2.45. The second-order valence-electron chi connectivity index (χ2n) is 10.0. The van der Waals surface area contributed by atoms with E-state index in [1.165, 1.54) is 32.5 Å². The van der Waals surface area contributed by atoms with Crippen LogP contribution in [0, 0.1) is 36.5 Å². The molecule has 2 aromatic rings. The van der Waals surface area contributed by atoms with Gasteiger partial charge in [-0.05, 0) is 68.3 Å². The molecule has 1 aliphatic heterocycles. The Hall–Kier alpha value is -2.21. The Labute approximate surface area is 178 Å². The van der Waals surface area contributed by atoms with Crippen molar-refractivity contribution in [1.82, 2.24) is 24.9 Å². The maximum Gasteiger partial charge on any atom is 0.233 e. The van der Waals surface area contributed by atoms with Crippen LogP contribution in [-0.4, -0.2) is 50.6 Å². The van der Waals surface area contributed by atoms with Gasteiger partial charge in [0.15, 0.2) is 0 Å². The number of nitrogens with zero attached hydrogens (tertiary/aromatic N) is 5. The van der Waals surface area contributed by atoms with Gasteiger partial charge in [-0.2, -0.15) is 5.10 Å². The highest BCUT2D eigenvalue weighted by atomic mass is 16.5. The monoisotopic (exact) mass is 405 g/mol. The molecule has 0 amide bonds. The molecule has 3 heterocycles. The molecule has 6 nitrogen and oxygen atoms in total. The second kappa shape index (κ2) is 7.19. The van der Waals surface area contributed by atoms with Crippen LogP contribution in [0.2, 0.25) is 0 Å². The standard InChI is InChI=1S/C24H31N5O/c1-15-22(14-28(2)27-15)23-5-6-24(26-25-23)30-21-9-19-12-29(13-20(19)10-21)11-18-8-16-3-4-17(18)7-16/h3-6,14,16-21H,7-13H2,1-2H3/t16?,17?,18?,19-,20+,21-. The lowest BCUT2D eigenvalue weighted by atomic mass is 9.93. The van der Waals surface area contributed by atoms with E-state index in [9.17, 15) is 0 Å². The minimum absolute atomic E-state index is 0.285. The zero-order chi connectivity index (χ0) is 20.2. The van der Waals surface area contributed by atoms with Gasteiger partial charge in [0.25, 0.3) is 0 Å². The summed E-state index contributed by atoms with van der Waals surface area (Å²) in [6.07, 6.45) is 12.4. The smallest absolute Gasteiger partial charge is 0.233 e. The number of aryl methyl sites for hydroxylation is 2. The van der Waals surface area contributed by atoms with Crippen molar-refractivity contribution in [3.05, 3.63) is 36.2 Å². The number of hydrogen-bond acceptors (Lipinski definition) is 5. The number of aromatic nitrogens is 4. The van der Waals surface area contributed by atoms with Crippen molar-refractivity contribution in [3.63, 3.8) is 0 Å². The molecule has 0 radical (unpaired) electrons. The summed E-state index contributed by atoms with van der Waals surface area (Å²) in [4.78, 5) is 2.75. The van der Waals surface area contributed by atoms with E-state index in [0.717, 1.165) is 59.4 Å². The van der Waals surface area contributed by atoms with Gasteiger partial charge in [0, 0.05) is 44.5 Å². The fraction of sp³-hybridized carbons (Fsp3) is 0.625. The third kappa shape index (κ3) is 3.35. The first-order valence-electron chi connectivity index (χ1n) is 11.5. The van der Waals surface area contributed by atoms with Crippen LogP contribution >= 0.6 is 0 Å². The van der Waals surface area contributed by atoms with E-state index >= 15 is 0 Å². The molecule has 6 heteroatoms. The van der Waals surface area contributed by atoms with Crippen molar-refractivity contribution in [2.24, 2.45) is 36.6 Å². The zero-order valence-corrected chi connectivity index (χ0v) is 17.9. The Bertz CT molecular complexity index is 937. The minimum Gasteiger partial charge on any atom is -0.473 e.